The number of aromatic nitrogens is 3. The maximum Gasteiger partial charge on any atom is 0.275 e. The first kappa shape index (κ1) is 17.9. The van der Waals surface area contributed by atoms with E-state index in [4.69, 9.17) is 0 Å². The summed E-state index contributed by atoms with van der Waals surface area (Å²) in [7, 11) is 0. The number of amides is 1. The van der Waals surface area contributed by atoms with Crippen LogP contribution >= 0.6 is 0 Å². The van der Waals surface area contributed by atoms with Gasteiger partial charge in [-0.25, -0.2) is 5.10 Å². The molecular formula is C21H21N5O2. The first-order valence-corrected chi connectivity index (χ1v) is 9.20. The number of carbonyl (C=O) groups excluding carboxylic acids is 1. The van der Waals surface area contributed by atoms with Gasteiger partial charge >= 0.3 is 0 Å². The van der Waals surface area contributed by atoms with E-state index in [-0.39, 0.29) is 18.0 Å². The quantitative estimate of drug-likeness (QED) is 0.754. The summed E-state index contributed by atoms with van der Waals surface area (Å²) >= 11 is 0. The molecule has 0 aliphatic carbocycles. The third-order valence-corrected chi connectivity index (χ3v) is 5.04. The van der Waals surface area contributed by atoms with Crippen molar-refractivity contribution >= 4 is 11.6 Å². The van der Waals surface area contributed by atoms with E-state index < -0.39 is 0 Å². The zero-order valence-electron chi connectivity index (χ0n) is 15.6. The van der Waals surface area contributed by atoms with E-state index in [9.17, 15) is 9.59 Å². The minimum absolute atomic E-state index is 0.0294. The first-order valence-electron chi connectivity index (χ1n) is 9.20. The third-order valence-electron chi connectivity index (χ3n) is 5.04. The second kappa shape index (κ2) is 7.64. The smallest absolute Gasteiger partial charge is 0.275 e. The van der Waals surface area contributed by atoms with E-state index in [0.29, 0.717) is 36.6 Å². The van der Waals surface area contributed by atoms with Gasteiger partial charge in [0.05, 0.1) is 29.7 Å². The summed E-state index contributed by atoms with van der Waals surface area (Å²) in [4.78, 5) is 33.3. The second-order valence-electron chi connectivity index (χ2n) is 6.84. The van der Waals surface area contributed by atoms with Crippen LogP contribution in [0.25, 0.3) is 11.3 Å². The van der Waals surface area contributed by atoms with E-state index in [1.165, 1.54) is 5.56 Å². The zero-order valence-corrected chi connectivity index (χ0v) is 15.6. The Labute approximate surface area is 162 Å². The number of piperazine rings is 1. The molecule has 3 aromatic rings. The fourth-order valence-corrected chi connectivity index (χ4v) is 3.46. The number of hydrogen-bond donors (Lipinski definition) is 1. The van der Waals surface area contributed by atoms with Crippen molar-refractivity contribution in [2.45, 2.75) is 13.5 Å². The molecule has 4 rings (SSSR count). The Morgan fingerprint density at radius 3 is 2.64 bits per heavy atom. The fourth-order valence-electron chi connectivity index (χ4n) is 3.46. The molecule has 1 N–H and O–H groups in total. The Morgan fingerprint density at radius 1 is 1.07 bits per heavy atom. The van der Waals surface area contributed by atoms with Gasteiger partial charge in [-0.1, -0.05) is 30.3 Å². The van der Waals surface area contributed by atoms with Crippen LogP contribution in [0.5, 0.6) is 0 Å². The molecular weight excluding hydrogens is 354 g/mol. The minimum atomic E-state index is -0.314. The SMILES string of the molecule is Cc1ccccc1CN1CCN(c2cn[nH]c(=O)c2-c2ccccn2)CC1=O. The maximum absolute atomic E-state index is 12.8. The molecule has 1 aromatic carbocycles. The lowest BCUT2D eigenvalue weighted by atomic mass is 10.1. The first-order chi connectivity index (χ1) is 13.6. The Balaban J connectivity index is 1.57. The number of H-pyrrole nitrogens is 1. The molecule has 1 saturated heterocycles. The number of carbonyl (C=O) groups is 1. The van der Waals surface area contributed by atoms with Crippen molar-refractivity contribution in [3.8, 4) is 11.3 Å². The monoisotopic (exact) mass is 375 g/mol. The van der Waals surface area contributed by atoms with E-state index in [1.54, 1.807) is 24.5 Å². The Morgan fingerprint density at radius 2 is 1.89 bits per heavy atom. The molecule has 0 saturated carbocycles. The second-order valence-corrected chi connectivity index (χ2v) is 6.84. The average Bonchev–Trinajstić information content (AvgIpc) is 2.71. The van der Waals surface area contributed by atoms with Crippen molar-refractivity contribution in [2.75, 3.05) is 24.5 Å². The van der Waals surface area contributed by atoms with Crippen molar-refractivity contribution in [1.82, 2.24) is 20.1 Å². The molecule has 2 aromatic heterocycles. The molecule has 28 heavy (non-hydrogen) atoms. The van der Waals surface area contributed by atoms with Crippen LogP contribution in [0, 0.1) is 6.92 Å². The summed E-state index contributed by atoms with van der Waals surface area (Å²) in [6.07, 6.45) is 3.24. The number of aryl methyl sites for hydroxylation is 1. The molecule has 3 heterocycles. The van der Waals surface area contributed by atoms with Crippen LogP contribution in [-0.2, 0) is 11.3 Å². The lowest BCUT2D eigenvalue weighted by Gasteiger charge is -2.36. The summed E-state index contributed by atoms with van der Waals surface area (Å²) in [5, 5.41) is 6.41. The number of rotatable bonds is 4. The van der Waals surface area contributed by atoms with Crippen LogP contribution in [0.3, 0.4) is 0 Å². The molecule has 1 amide bonds. The van der Waals surface area contributed by atoms with Gasteiger partial charge in [-0.2, -0.15) is 5.10 Å². The van der Waals surface area contributed by atoms with Gasteiger partial charge < -0.3 is 9.80 Å². The van der Waals surface area contributed by atoms with Crippen LogP contribution in [0.1, 0.15) is 11.1 Å². The summed E-state index contributed by atoms with van der Waals surface area (Å²) < 4.78 is 0. The predicted molar refractivity (Wildman–Crippen MR) is 107 cm³/mol. The maximum atomic E-state index is 12.8. The topological polar surface area (TPSA) is 82.2 Å². The van der Waals surface area contributed by atoms with Gasteiger partial charge in [-0.05, 0) is 30.2 Å². The molecule has 0 bridgehead atoms. The zero-order chi connectivity index (χ0) is 19.5. The van der Waals surface area contributed by atoms with Crippen LogP contribution in [-0.4, -0.2) is 45.6 Å². The summed E-state index contributed by atoms with van der Waals surface area (Å²) in [6, 6.07) is 13.5. The highest BCUT2D eigenvalue weighted by molar-refractivity contribution is 5.85. The standard InChI is InChI=1S/C21H21N5O2/c1-15-6-2-3-7-16(15)13-26-11-10-25(14-19(26)27)18-12-23-24-21(28)20(18)17-8-4-5-9-22-17/h2-9,12H,10-11,13-14H2,1H3,(H,24,28). The van der Waals surface area contributed by atoms with Crippen molar-refractivity contribution in [3.63, 3.8) is 0 Å². The largest absolute Gasteiger partial charge is 0.358 e. The van der Waals surface area contributed by atoms with Crippen molar-refractivity contribution in [2.24, 2.45) is 0 Å². The molecule has 0 atom stereocenters. The number of anilines is 1. The lowest BCUT2D eigenvalue weighted by Crippen LogP contribution is -2.50. The van der Waals surface area contributed by atoms with Gasteiger partial charge in [0.2, 0.25) is 5.91 Å². The molecule has 1 aliphatic heterocycles. The van der Waals surface area contributed by atoms with Crippen LogP contribution in [0.15, 0.2) is 59.7 Å². The number of nitrogens with zero attached hydrogens (tertiary/aromatic N) is 4. The third kappa shape index (κ3) is 3.51. The number of pyridine rings is 1. The van der Waals surface area contributed by atoms with E-state index in [1.807, 2.05) is 28.0 Å². The van der Waals surface area contributed by atoms with Gasteiger partial charge in [-0.15, -0.1) is 0 Å². The normalized spacial score (nSPS) is 14.4. The highest BCUT2D eigenvalue weighted by Crippen LogP contribution is 2.26. The Bertz CT molecular complexity index is 1050. The van der Waals surface area contributed by atoms with E-state index in [2.05, 4.69) is 34.2 Å². The van der Waals surface area contributed by atoms with E-state index >= 15 is 0 Å². The number of aromatic amines is 1. The summed E-state index contributed by atoms with van der Waals surface area (Å²) in [5.74, 6) is 0.0294. The molecule has 1 aliphatic rings. The number of hydrogen-bond acceptors (Lipinski definition) is 5. The van der Waals surface area contributed by atoms with Crippen molar-refractivity contribution in [3.05, 3.63) is 76.3 Å². The lowest BCUT2D eigenvalue weighted by molar-refractivity contribution is -0.131. The molecule has 0 unspecified atom stereocenters. The highest BCUT2D eigenvalue weighted by Gasteiger charge is 2.27. The van der Waals surface area contributed by atoms with Gasteiger partial charge in [0.25, 0.3) is 5.56 Å². The molecule has 142 valence electrons. The van der Waals surface area contributed by atoms with E-state index in [0.717, 1.165) is 5.56 Å². The number of nitrogens with one attached hydrogen (secondary N) is 1. The number of benzene rings is 1. The van der Waals surface area contributed by atoms with Crippen LogP contribution < -0.4 is 10.5 Å². The minimum Gasteiger partial charge on any atom is -0.358 e. The molecule has 7 nitrogen and oxygen atoms in total. The molecule has 1 fully saturated rings. The Kier molecular flexibility index (Phi) is 4.89. The predicted octanol–water partition coefficient (Wildman–Crippen LogP) is 1.99. The van der Waals surface area contributed by atoms with Gasteiger partial charge in [0.15, 0.2) is 0 Å². The summed E-state index contributed by atoms with van der Waals surface area (Å²) in [5.41, 5.74) is 3.65. The van der Waals surface area contributed by atoms with Gasteiger partial charge in [0.1, 0.15) is 0 Å². The Hall–Kier alpha value is -3.48. The highest BCUT2D eigenvalue weighted by atomic mass is 16.2. The van der Waals surface area contributed by atoms with Crippen molar-refractivity contribution < 1.29 is 4.79 Å². The van der Waals surface area contributed by atoms with Gasteiger partial charge in [0, 0.05) is 25.8 Å². The van der Waals surface area contributed by atoms with Crippen LogP contribution in [0.4, 0.5) is 5.69 Å². The molecule has 0 spiro atoms. The van der Waals surface area contributed by atoms with Gasteiger partial charge in [-0.3, -0.25) is 14.6 Å². The fraction of sp³-hybridized carbons (Fsp3) is 0.238. The summed E-state index contributed by atoms with van der Waals surface area (Å²) in [6.45, 7) is 4.07. The molecule has 7 heteroatoms. The van der Waals surface area contributed by atoms with Crippen molar-refractivity contribution in [1.29, 1.82) is 0 Å². The average molecular weight is 375 g/mol. The van der Waals surface area contributed by atoms with Crippen LogP contribution in [0.2, 0.25) is 0 Å². The molecule has 0 radical (unpaired) electrons.